The Morgan fingerprint density at radius 1 is 1.31 bits per heavy atom. The van der Waals surface area contributed by atoms with E-state index in [-0.39, 0.29) is 11.8 Å². The molecule has 2 heterocycles. The highest BCUT2D eigenvalue weighted by Gasteiger charge is 2.43. The zero-order valence-electron chi connectivity index (χ0n) is 16.6. The smallest absolute Gasteiger partial charge is 0.285 e. The summed E-state index contributed by atoms with van der Waals surface area (Å²) >= 11 is 3.51. The van der Waals surface area contributed by atoms with E-state index in [9.17, 15) is 4.79 Å². The molecular weight excluding hydrogens is 394 g/mol. The van der Waals surface area contributed by atoms with Crippen molar-refractivity contribution in [3.8, 4) is 0 Å². The molecule has 1 aliphatic carbocycles. The molecular formula is C20H32BrN3O2. The lowest BCUT2D eigenvalue weighted by Crippen LogP contribution is -2.48. The van der Waals surface area contributed by atoms with Crippen molar-refractivity contribution < 1.29 is 4.74 Å². The number of aromatic nitrogens is 2. The number of nitrogens with zero attached hydrogens (tertiary/aromatic N) is 2. The van der Waals surface area contributed by atoms with Crippen molar-refractivity contribution >= 4 is 21.6 Å². The summed E-state index contributed by atoms with van der Waals surface area (Å²) in [6, 6.07) is 0.340. The van der Waals surface area contributed by atoms with Gasteiger partial charge in [-0.1, -0.05) is 34.6 Å². The van der Waals surface area contributed by atoms with Crippen molar-refractivity contribution in [1.82, 2.24) is 9.78 Å². The largest absolute Gasteiger partial charge is 0.380 e. The number of rotatable bonds is 3. The average molecular weight is 426 g/mol. The lowest BCUT2D eigenvalue weighted by Gasteiger charge is -2.50. The molecule has 2 aliphatic rings. The Morgan fingerprint density at radius 3 is 2.69 bits per heavy atom. The van der Waals surface area contributed by atoms with Gasteiger partial charge in [0.1, 0.15) is 4.47 Å². The van der Waals surface area contributed by atoms with Gasteiger partial charge in [-0.15, -0.1) is 0 Å². The normalized spacial score (nSPS) is 34.5. The van der Waals surface area contributed by atoms with Crippen molar-refractivity contribution in [1.29, 1.82) is 0 Å². The van der Waals surface area contributed by atoms with E-state index in [1.807, 2.05) is 0 Å². The van der Waals surface area contributed by atoms with Crippen molar-refractivity contribution in [2.24, 2.45) is 23.2 Å². The van der Waals surface area contributed by atoms with Gasteiger partial charge >= 0.3 is 0 Å². The molecule has 2 fully saturated rings. The second-order valence-corrected chi connectivity index (χ2v) is 9.59. The summed E-state index contributed by atoms with van der Waals surface area (Å²) in [5.74, 6) is 1.75. The topological polar surface area (TPSA) is 56.1 Å². The van der Waals surface area contributed by atoms with Crippen LogP contribution in [-0.2, 0) is 4.74 Å². The summed E-state index contributed by atoms with van der Waals surface area (Å²) in [4.78, 5) is 12.8. The molecule has 1 aromatic rings. The van der Waals surface area contributed by atoms with Crippen LogP contribution >= 0.6 is 15.9 Å². The van der Waals surface area contributed by atoms with E-state index in [2.05, 4.69) is 61.0 Å². The maximum atomic E-state index is 12.8. The van der Waals surface area contributed by atoms with Crippen LogP contribution in [0.5, 0.6) is 0 Å². The fourth-order valence-corrected chi connectivity index (χ4v) is 4.83. The van der Waals surface area contributed by atoms with Crippen molar-refractivity contribution in [3.05, 3.63) is 21.0 Å². The van der Waals surface area contributed by atoms with Gasteiger partial charge in [0, 0.05) is 12.6 Å². The Hall–Kier alpha value is -0.880. The minimum atomic E-state index is -0.240. The molecule has 0 aromatic carbocycles. The van der Waals surface area contributed by atoms with Crippen LogP contribution in [0.1, 0.15) is 66.5 Å². The third kappa shape index (κ3) is 3.59. The van der Waals surface area contributed by atoms with Gasteiger partial charge in [0.2, 0.25) is 0 Å². The number of hydrogen-bond acceptors (Lipinski definition) is 4. The highest BCUT2D eigenvalue weighted by atomic mass is 79.9. The average Bonchev–Trinajstić information content (AvgIpc) is 2.63. The minimum Gasteiger partial charge on any atom is -0.380 e. The van der Waals surface area contributed by atoms with E-state index in [0.717, 1.165) is 31.4 Å². The summed E-state index contributed by atoms with van der Waals surface area (Å²) in [6.45, 7) is 12.4. The fourth-order valence-electron chi connectivity index (χ4n) is 4.43. The number of halogens is 1. The van der Waals surface area contributed by atoms with Crippen LogP contribution in [0.4, 0.5) is 5.69 Å². The molecule has 0 bridgehead atoms. The zero-order valence-corrected chi connectivity index (χ0v) is 18.2. The SMILES string of the molecule is C[C@@H]1[C@@H](C)C(C)(C)[C@@H](C)C[C@H]1Nc1cnn(C2CCCCO2)c(=O)c1Br. The maximum absolute atomic E-state index is 12.8. The monoisotopic (exact) mass is 425 g/mol. The van der Waals surface area contributed by atoms with Crippen LogP contribution in [0.25, 0.3) is 0 Å². The molecule has 1 saturated carbocycles. The van der Waals surface area contributed by atoms with E-state index in [4.69, 9.17) is 4.74 Å². The Morgan fingerprint density at radius 2 is 2.04 bits per heavy atom. The van der Waals surface area contributed by atoms with Crippen LogP contribution in [-0.4, -0.2) is 22.4 Å². The molecule has 5 atom stereocenters. The Bertz CT molecular complexity index is 697. The molecule has 0 spiro atoms. The third-order valence-electron chi connectivity index (χ3n) is 7.19. The molecule has 1 unspecified atom stereocenters. The van der Waals surface area contributed by atoms with E-state index in [1.165, 1.54) is 4.68 Å². The number of ether oxygens (including phenoxy) is 1. The second kappa shape index (κ2) is 7.63. The molecule has 146 valence electrons. The van der Waals surface area contributed by atoms with Gasteiger partial charge in [0.05, 0.1) is 11.9 Å². The lowest BCUT2D eigenvalue weighted by atomic mass is 9.58. The third-order valence-corrected chi connectivity index (χ3v) is 7.95. The standard InChI is InChI=1S/C20H32BrN3O2/c1-12-10-15(13(2)14(3)20(12,4)5)23-16-11-22-24(19(25)18(16)21)17-8-6-7-9-26-17/h11-15,17,23H,6-10H2,1-5H3/t12-,13+,14+,15+,17?/m0/s1. The lowest BCUT2D eigenvalue weighted by molar-refractivity contribution is -0.0425. The van der Waals surface area contributed by atoms with Gasteiger partial charge in [-0.25, -0.2) is 0 Å². The summed E-state index contributed by atoms with van der Waals surface area (Å²) < 4.78 is 7.75. The quantitative estimate of drug-likeness (QED) is 0.753. The minimum absolute atomic E-state index is 0.119. The van der Waals surface area contributed by atoms with Crippen LogP contribution in [0.3, 0.4) is 0 Å². The van der Waals surface area contributed by atoms with Gasteiger partial charge in [-0.05, 0) is 64.8 Å². The number of hydrogen-bond donors (Lipinski definition) is 1. The molecule has 1 aromatic heterocycles. The number of anilines is 1. The zero-order chi connectivity index (χ0) is 19.1. The van der Waals surface area contributed by atoms with E-state index >= 15 is 0 Å². The first-order valence-electron chi connectivity index (χ1n) is 9.89. The predicted octanol–water partition coefficient (Wildman–Crippen LogP) is 4.82. The molecule has 3 rings (SSSR count). The van der Waals surface area contributed by atoms with Gasteiger partial charge in [0.15, 0.2) is 6.23 Å². The van der Waals surface area contributed by atoms with Crippen molar-refractivity contribution in [2.45, 2.75) is 72.6 Å². The maximum Gasteiger partial charge on any atom is 0.285 e. The second-order valence-electron chi connectivity index (χ2n) is 8.80. The summed E-state index contributed by atoms with van der Waals surface area (Å²) in [5.41, 5.74) is 0.999. The van der Waals surface area contributed by atoms with Gasteiger partial charge in [-0.3, -0.25) is 4.79 Å². The van der Waals surface area contributed by atoms with Crippen molar-refractivity contribution in [2.75, 3.05) is 11.9 Å². The van der Waals surface area contributed by atoms with E-state index in [0.29, 0.717) is 40.3 Å². The summed E-state index contributed by atoms with van der Waals surface area (Å²) in [5, 5.41) is 8.01. The summed E-state index contributed by atoms with van der Waals surface area (Å²) in [6.07, 6.45) is 5.59. The van der Waals surface area contributed by atoms with Gasteiger partial charge < -0.3 is 10.1 Å². The first-order chi connectivity index (χ1) is 12.2. The van der Waals surface area contributed by atoms with Crippen LogP contribution < -0.4 is 10.9 Å². The van der Waals surface area contributed by atoms with Gasteiger partial charge in [-0.2, -0.15) is 9.78 Å². The summed E-state index contributed by atoms with van der Waals surface area (Å²) in [7, 11) is 0. The molecule has 6 heteroatoms. The predicted molar refractivity (Wildman–Crippen MR) is 108 cm³/mol. The first-order valence-corrected chi connectivity index (χ1v) is 10.7. The highest BCUT2D eigenvalue weighted by molar-refractivity contribution is 9.10. The first kappa shape index (κ1) is 19.9. The molecule has 26 heavy (non-hydrogen) atoms. The number of nitrogens with one attached hydrogen (secondary N) is 1. The Balaban J connectivity index is 1.80. The highest BCUT2D eigenvalue weighted by Crippen LogP contribution is 2.48. The van der Waals surface area contributed by atoms with Crippen LogP contribution in [0, 0.1) is 23.2 Å². The van der Waals surface area contributed by atoms with Crippen LogP contribution in [0.2, 0.25) is 0 Å². The van der Waals surface area contributed by atoms with Gasteiger partial charge in [0.25, 0.3) is 5.56 Å². The molecule has 1 saturated heterocycles. The fraction of sp³-hybridized carbons (Fsp3) is 0.800. The van der Waals surface area contributed by atoms with E-state index < -0.39 is 0 Å². The van der Waals surface area contributed by atoms with E-state index in [1.54, 1.807) is 6.20 Å². The van der Waals surface area contributed by atoms with Crippen molar-refractivity contribution in [3.63, 3.8) is 0 Å². The Labute approximate surface area is 165 Å². The molecule has 1 aliphatic heterocycles. The van der Waals surface area contributed by atoms with Crippen LogP contribution in [0.15, 0.2) is 15.5 Å². The molecule has 1 N–H and O–H groups in total. The molecule has 5 nitrogen and oxygen atoms in total. The Kier molecular flexibility index (Phi) is 5.83. The molecule has 0 radical (unpaired) electrons. The molecule has 0 amide bonds.